The Bertz CT molecular complexity index is 1020. The van der Waals surface area contributed by atoms with Crippen molar-refractivity contribution >= 4 is 17.9 Å². The Kier molecular flexibility index (Phi) is 9.48. The molecule has 0 radical (unpaired) electrons. The van der Waals surface area contributed by atoms with Gasteiger partial charge in [-0.1, -0.05) is 13.8 Å². The molecule has 11 unspecified atom stereocenters. The molecule has 11 atom stereocenters. The molecule has 3 N–H and O–H groups in total. The Hall–Kier alpha value is -1.71. The van der Waals surface area contributed by atoms with E-state index in [0.29, 0.717) is 43.9 Å². The average molecular weight is 595 g/mol. The van der Waals surface area contributed by atoms with Crippen LogP contribution in [0.3, 0.4) is 0 Å². The Morgan fingerprint density at radius 3 is 2.26 bits per heavy atom. The van der Waals surface area contributed by atoms with Crippen LogP contribution in [0.15, 0.2) is 0 Å². The topological polar surface area (TPSA) is 140 Å². The summed E-state index contributed by atoms with van der Waals surface area (Å²) in [6.07, 6.45) is 4.66. The van der Waals surface area contributed by atoms with Crippen molar-refractivity contribution in [2.24, 2.45) is 40.4 Å². The highest BCUT2D eigenvalue weighted by molar-refractivity contribution is 5.66. The number of fused-ring (bicyclic) bond motifs is 5. The van der Waals surface area contributed by atoms with Gasteiger partial charge in [-0.3, -0.25) is 14.4 Å². The minimum atomic E-state index is -1.53. The molecule has 0 aromatic carbocycles. The highest BCUT2D eigenvalue weighted by atomic mass is 16.6. The fourth-order valence-corrected chi connectivity index (χ4v) is 10.2. The second kappa shape index (κ2) is 12.0. The summed E-state index contributed by atoms with van der Waals surface area (Å²) in [7, 11) is 0. The molecule has 9 heteroatoms. The van der Waals surface area contributed by atoms with Crippen molar-refractivity contribution in [3.8, 4) is 0 Å². The maximum atomic E-state index is 12.3. The third-order valence-corrected chi connectivity index (χ3v) is 12.0. The summed E-state index contributed by atoms with van der Waals surface area (Å²) in [4.78, 5) is 35.9. The first-order chi connectivity index (χ1) is 19.4. The van der Waals surface area contributed by atoms with Crippen molar-refractivity contribution < 1.29 is 43.9 Å². The van der Waals surface area contributed by atoms with Gasteiger partial charge in [-0.05, 0) is 107 Å². The Morgan fingerprint density at radius 2 is 1.67 bits per heavy atom. The molecule has 0 spiro atoms. The number of esters is 3. The molecule has 0 saturated heterocycles. The zero-order chi connectivity index (χ0) is 31.3. The normalized spacial score (nSPS) is 41.0. The van der Waals surface area contributed by atoms with Gasteiger partial charge >= 0.3 is 17.9 Å². The number of ether oxygens (including phenoxy) is 3. The van der Waals surface area contributed by atoms with Crippen LogP contribution in [0.2, 0.25) is 0 Å². The van der Waals surface area contributed by atoms with Crippen LogP contribution in [0.25, 0.3) is 0 Å². The van der Waals surface area contributed by atoms with E-state index in [4.69, 9.17) is 14.2 Å². The molecule has 0 aromatic rings. The third-order valence-electron chi connectivity index (χ3n) is 12.0. The smallest absolute Gasteiger partial charge is 0.302 e. The number of carbonyl (C=O) groups is 3. The van der Waals surface area contributed by atoms with Crippen LogP contribution < -0.4 is 0 Å². The summed E-state index contributed by atoms with van der Waals surface area (Å²) in [5.74, 6) is -0.236. The van der Waals surface area contributed by atoms with E-state index in [1.807, 2.05) is 0 Å². The van der Waals surface area contributed by atoms with Crippen molar-refractivity contribution in [1.82, 2.24) is 0 Å². The molecule has 240 valence electrons. The first kappa shape index (κ1) is 33.2. The van der Waals surface area contributed by atoms with E-state index in [-0.39, 0.29) is 48.3 Å². The van der Waals surface area contributed by atoms with Gasteiger partial charge in [-0.2, -0.15) is 0 Å². The number of hydrogen-bond donors (Lipinski definition) is 3. The number of hydrogen-bond acceptors (Lipinski definition) is 9. The Morgan fingerprint density at radius 1 is 0.976 bits per heavy atom. The quantitative estimate of drug-likeness (QED) is 0.263. The van der Waals surface area contributed by atoms with Crippen LogP contribution in [0.1, 0.15) is 113 Å². The Balaban J connectivity index is 1.63. The third kappa shape index (κ3) is 6.12. The number of aliphatic hydroxyl groups is 3. The van der Waals surface area contributed by atoms with Crippen LogP contribution in [-0.4, -0.2) is 69.3 Å². The van der Waals surface area contributed by atoms with Crippen molar-refractivity contribution in [2.75, 3.05) is 6.61 Å². The summed E-state index contributed by atoms with van der Waals surface area (Å²) in [6, 6.07) is 0. The van der Waals surface area contributed by atoms with Gasteiger partial charge < -0.3 is 29.5 Å². The fraction of sp³-hybridized carbons (Fsp3) is 0.909. The lowest BCUT2D eigenvalue weighted by Gasteiger charge is -2.66. The predicted octanol–water partition coefficient (Wildman–Crippen LogP) is 4.32. The van der Waals surface area contributed by atoms with E-state index >= 15 is 0 Å². The monoisotopic (exact) mass is 594 g/mol. The van der Waals surface area contributed by atoms with Crippen molar-refractivity contribution in [2.45, 2.75) is 142 Å². The lowest BCUT2D eigenvalue weighted by atomic mass is 9.42. The van der Waals surface area contributed by atoms with Crippen molar-refractivity contribution in [3.63, 3.8) is 0 Å². The highest BCUT2D eigenvalue weighted by Crippen LogP contribution is 2.69. The number of aliphatic hydroxyl groups excluding tert-OH is 1. The zero-order valence-corrected chi connectivity index (χ0v) is 26.7. The number of carbonyl (C=O) groups excluding carboxylic acids is 3. The van der Waals surface area contributed by atoms with E-state index in [0.717, 1.165) is 25.7 Å². The lowest BCUT2D eigenvalue weighted by molar-refractivity contribution is -0.283. The minimum absolute atomic E-state index is 0.0403. The standard InChI is InChI=1S/C33H54O9/c1-19(28(42-22(4)36)12-13-30(5,6)38)25-8-9-26-24-16-29(37)33(39)17-23(41-21(3)35)10-15-32(33,18-40-20(2)34)27(24)11-14-31(25,26)7/h19,23-29,37-39H,8-18H2,1-7H3. The van der Waals surface area contributed by atoms with E-state index in [9.17, 15) is 29.7 Å². The summed E-state index contributed by atoms with van der Waals surface area (Å²) in [6.45, 7) is 12.3. The molecular formula is C33H54O9. The van der Waals surface area contributed by atoms with Crippen LogP contribution in [0.5, 0.6) is 0 Å². The second-order valence-electron chi connectivity index (χ2n) is 15.0. The van der Waals surface area contributed by atoms with E-state index in [1.54, 1.807) is 13.8 Å². The molecule has 9 nitrogen and oxygen atoms in total. The first-order valence-electron chi connectivity index (χ1n) is 16.0. The maximum Gasteiger partial charge on any atom is 0.302 e. The van der Waals surface area contributed by atoms with E-state index in [2.05, 4.69) is 13.8 Å². The molecule has 0 heterocycles. The summed E-state index contributed by atoms with van der Waals surface area (Å²) >= 11 is 0. The molecule has 4 fully saturated rings. The van der Waals surface area contributed by atoms with Gasteiger partial charge in [0.1, 0.15) is 24.4 Å². The Labute approximate surface area is 251 Å². The van der Waals surface area contributed by atoms with Gasteiger partial charge in [0.05, 0.1) is 11.7 Å². The van der Waals surface area contributed by atoms with E-state index < -0.39 is 40.8 Å². The van der Waals surface area contributed by atoms with Crippen molar-refractivity contribution in [3.05, 3.63) is 0 Å². The predicted molar refractivity (Wildman–Crippen MR) is 155 cm³/mol. The van der Waals surface area contributed by atoms with Crippen molar-refractivity contribution in [1.29, 1.82) is 0 Å². The number of rotatable bonds is 9. The van der Waals surface area contributed by atoms with Crippen LogP contribution >= 0.6 is 0 Å². The molecule has 42 heavy (non-hydrogen) atoms. The average Bonchev–Trinajstić information content (AvgIpc) is 3.22. The molecule has 0 aromatic heterocycles. The molecule has 0 bridgehead atoms. The lowest BCUT2D eigenvalue weighted by Crippen LogP contribution is -2.71. The largest absolute Gasteiger partial charge is 0.465 e. The van der Waals surface area contributed by atoms with Gasteiger partial charge in [0.25, 0.3) is 0 Å². The molecular weight excluding hydrogens is 540 g/mol. The van der Waals surface area contributed by atoms with Gasteiger partial charge in [0, 0.05) is 32.6 Å². The highest BCUT2D eigenvalue weighted by Gasteiger charge is 2.70. The fourth-order valence-electron chi connectivity index (χ4n) is 10.2. The van der Waals surface area contributed by atoms with Crippen LogP contribution in [0.4, 0.5) is 0 Å². The van der Waals surface area contributed by atoms with Gasteiger partial charge in [-0.15, -0.1) is 0 Å². The summed E-state index contributed by atoms with van der Waals surface area (Å²) in [5.41, 5.74) is -3.24. The molecule has 4 aliphatic carbocycles. The van der Waals surface area contributed by atoms with Gasteiger partial charge in [0.2, 0.25) is 0 Å². The molecule has 4 rings (SSSR count). The molecule has 4 aliphatic rings. The molecule has 0 amide bonds. The maximum absolute atomic E-state index is 12.3. The van der Waals surface area contributed by atoms with Crippen LogP contribution in [-0.2, 0) is 28.6 Å². The molecule has 4 saturated carbocycles. The summed E-state index contributed by atoms with van der Waals surface area (Å²) < 4.78 is 17.0. The van der Waals surface area contributed by atoms with Gasteiger partial charge in [0.15, 0.2) is 0 Å². The van der Waals surface area contributed by atoms with Crippen LogP contribution in [0, 0.1) is 40.4 Å². The summed E-state index contributed by atoms with van der Waals surface area (Å²) in [5, 5.41) is 34.3. The first-order valence-corrected chi connectivity index (χ1v) is 16.0. The zero-order valence-electron chi connectivity index (χ0n) is 26.7. The van der Waals surface area contributed by atoms with Gasteiger partial charge in [-0.25, -0.2) is 0 Å². The second-order valence-corrected chi connectivity index (χ2v) is 15.0. The molecule has 0 aliphatic heterocycles. The minimum Gasteiger partial charge on any atom is -0.465 e. The van der Waals surface area contributed by atoms with E-state index in [1.165, 1.54) is 20.8 Å². The SMILES string of the molecule is CC(=O)OCC12CCC(OC(C)=O)CC1(O)C(O)CC1C3CCC(C(C)C(CCC(C)(C)O)OC(C)=O)C3(C)CCC12.